The smallest absolute Gasteiger partial charge is 0.294 e. The molecule has 6 heteroatoms. The summed E-state index contributed by atoms with van der Waals surface area (Å²) in [5.41, 5.74) is 7.23. The van der Waals surface area contributed by atoms with E-state index in [4.69, 9.17) is 5.73 Å². The molecule has 1 aliphatic rings. The average molecular weight is 244 g/mol. The molecule has 1 aromatic heterocycles. The number of nitrogens with zero attached hydrogens (tertiary/aromatic N) is 3. The van der Waals surface area contributed by atoms with Gasteiger partial charge in [0.25, 0.3) is 5.69 Å². The van der Waals surface area contributed by atoms with Gasteiger partial charge in [0.2, 0.25) is 0 Å². The van der Waals surface area contributed by atoms with E-state index in [-0.39, 0.29) is 5.69 Å². The maximum absolute atomic E-state index is 11.0. The average Bonchev–Trinajstić information content (AvgIpc) is 3.13. The first-order valence-electron chi connectivity index (χ1n) is 5.76. The maximum atomic E-state index is 11.0. The van der Waals surface area contributed by atoms with Crippen molar-refractivity contribution in [2.45, 2.75) is 18.8 Å². The van der Waals surface area contributed by atoms with Crippen LogP contribution in [0.2, 0.25) is 0 Å². The lowest BCUT2D eigenvalue weighted by Gasteiger charge is -2.04. The molecule has 1 saturated carbocycles. The van der Waals surface area contributed by atoms with E-state index in [1.165, 1.54) is 10.7 Å². The Balaban J connectivity index is 2.11. The minimum atomic E-state index is -0.423. The molecule has 0 atom stereocenters. The second kappa shape index (κ2) is 3.83. The molecule has 1 aliphatic carbocycles. The van der Waals surface area contributed by atoms with E-state index in [1.54, 1.807) is 24.3 Å². The number of benzene rings is 1. The highest BCUT2D eigenvalue weighted by atomic mass is 16.6. The third kappa shape index (κ3) is 1.71. The number of para-hydroxylation sites is 2. The molecule has 0 spiro atoms. The molecule has 0 amide bonds. The Kier molecular flexibility index (Phi) is 2.29. The number of anilines is 1. The quantitative estimate of drug-likeness (QED) is 0.662. The van der Waals surface area contributed by atoms with Crippen LogP contribution < -0.4 is 5.73 Å². The van der Waals surface area contributed by atoms with Crippen molar-refractivity contribution in [2.75, 3.05) is 5.73 Å². The third-order valence-electron chi connectivity index (χ3n) is 3.06. The van der Waals surface area contributed by atoms with Crippen molar-refractivity contribution in [3.63, 3.8) is 0 Å². The van der Waals surface area contributed by atoms with Crippen molar-refractivity contribution in [3.05, 3.63) is 46.1 Å². The Bertz CT molecular complexity index is 616. The Morgan fingerprint density at radius 3 is 2.78 bits per heavy atom. The number of hydrogen-bond donors (Lipinski definition) is 1. The van der Waals surface area contributed by atoms with Crippen LogP contribution in [0.5, 0.6) is 0 Å². The first kappa shape index (κ1) is 10.8. The van der Waals surface area contributed by atoms with Gasteiger partial charge in [0, 0.05) is 18.1 Å². The zero-order valence-corrected chi connectivity index (χ0v) is 9.61. The molecule has 2 aromatic rings. The van der Waals surface area contributed by atoms with Gasteiger partial charge in [-0.15, -0.1) is 0 Å². The van der Waals surface area contributed by atoms with E-state index in [0.29, 0.717) is 17.4 Å². The van der Waals surface area contributed by atoms with Gasteiger partial charge in [-0.2, -0.15) is 5.10 Å². The lowest BCUT2D eigenvalue weighted by molar-refractivity contribution is -0.384. The molecule has 2 N–H and O–H groups in total. The van der Waals surface area contributed by atoms with E-state index in [2.05, 4.69) is 5.10 Å². The maximum Gasteiger partial charge on any atom is 0.294 e. The fourth-order valence-electron chi connectivity index (χ4n) is 1.98. The summed E-state index contributed by atoms with van der Waals surface area (Å²) in [7, 11) is 0. The molecule has 0 unspecified atom stereocenters. The Labute approximate surface area is 103 Å². The van der Waals surface area contributed by atoms with Crippen molar-refractivity contribution in [2.24, 2.45) is 0 Å². The van der Waals surface area contributed by atoms with E-state index >= 15 is 0 Å². The summed E-state index contributed by atoms with van der Waals surface area (Å²) < 4.78 is 1.45. The van der Waals surface area contributed by atoms with Gasteiger partial charge < -0.3 is 5.73 Å². The number of nitrogen functional groups attached to an aromatic ring is 1. The van der Waals surface area contributed by atoms with Crippen molar-refractivity contribution < 1.29 is 4.92 Å². The summed E-state index contributed by atoms with van der Waals surface area (Å²) in [5.74, 6) is 0.905. The molecule has 0 radical (unpaired) electrons. The van der Waals surface area contributed by atoms with E-state index < -0.39 is 4.92 Å². The Hall–Kier alpha value is -2.37. The Morgan fingerprint density at radius 2 is 2.11 bits per heavy atom. The number of nitrogens with two attached hydrogens (primary N) is 1. The second-order valence-corrected chi connectivity index (χ2v) is 4.43. The largest absolute Gasteiger partial charge is 0.384 e. The molecule has 0 bridgehead atoms. The van der Waals surface area contributed by atoms with Crippen molar-refractivity contribution in [1.82, 2.24) is 9.78 Å². The van der Waals surface area contributed by atoms with Crippen LogP contribution in [0.1, 0.15) is 24.5 Å². The van der Waals surface area contributed by atoms with Crippen LogP contribution >= 0.6 is 0 Å². The number of aromatic nitrogens is 2. The number of nitro benzene ring substituents is 1. The molecule has 92 valence electrons. The zero-order chi connectivity index (χ0) is 12.7. The van der Waals surface area contributed by atoms with E-state index in [1.807, 2.05) is 0 Å². The molecule has 0 saturated heterocycles. The summed E-state index contributed by atoms with van der Waals surface area (Å²) in [4.78, 5) is 10.6. The summed E-state index contributed by atoms with van der Waals surface area (Å²) in [6.07, 6.45) is 2.24. The van der Waals surface area contributed by atoms with Gasteiger partial charge in [0.1, 0.15) is 11.5 Å². The summed E-state index contributed by atoms with van der Waals surface area (Å²) >= 11 is 0. The summed E-state index contributed by atoms with van der Waals surface area (Å²) in [6.45, 7) is 0. The molecule has 3 rings (SSSR count). The minimum absolute atomic E-state index is 0.00893. The topological polar surface area (TPSA) is 87.0 Å². The molecule has 6 nitrogen and oxygen atoms in total. The number of nitro groups is 1. The van der Waals surface area contributed by atoms with Crippen molar-refractivity contribution in [3.8, 4) is 5.69 Å². The highest BCUT2D eigenvalue weighted by Gasteiger charge is 2.28. The fourth-order valence-corrected chi connectivity index (χ4v) is 1.98. The van der Waals surface area contributed by atoms with Crippen molar-refractivity contribution in [1.29, 1.82) is 0 Å². The van der Waals surface area contributed by atoms with Gasteiger partial charge >= 0.3 is 0 Å². The summed E-state index contributed by atoms with van der Waals surface area (Å²) in [5, 5.41) is 15.4. The van der Waals surface area contributed by atoms with E-state index in [0.717, 1.165) is 18.5 Å². The third-order valence-corrected chi connectivity index (χ3v) is 3.06. The van der Waals surface area contributed by atoms with Gasteiger partial charge in [-0.25, -0.2) is 4.68 Å². The summed E-state index contributed by atoms with van der Waals surface area (Å²) in [6, 6.07) is 8.27. The van der Waals surface area contributed by atoms with Gasteiger partial charge in [-0.05, 0) is 18.9 Å². The normalized spacial score (nSPS) is 14.7. The minimum Gasteiger partial charge on any atom is -0.384 e. The number of rotatable bonds is 3. The molecule has 0 aliphatic heterocycles. The van der Waals surface area contributed by atoms with Gasteiger partial charge in [-0.3, -0.25) is 10.1 Å². The van der Waals surface area contributed by atoms with Gasteiger partial charge in [0.05, 0.1) is 10.6 Å². The van der Waals surface area contributed by atoms with Crippen LogP contribution in [0, 0.1) is 10.1 Å². The van der Waals surface area contributed by atoms with Crippen LogP contribution in [0.3, 0.4) is 0 Å². The lowest BCUT2D eigenvalue weighted by atomic mass is 10.2. The lowest BCUT2D eigenvalue weighted by Crippen LogP contribution is -2.05. The van der Waals surface area contributed by atoms with Gasteiger partial charge in [-0.1, -0.05) is 12.1 Å². The van der Waals surface area contributed by atoms with Crippen LogP contribution in [0.4, 0.5) is 11.5 Å². The molecule has 1 fully saturated rings. The van der Waals surface area contributed by atoms with E-state index in [9.17, 15) is 10.1 Å². The molecule has 1 heterocycles. The van der Waals surface area contributed by atoms with Gasteiger partial charge in [0.15, 0.2) is 0 Å². The highest BCUT2D eigenvalue weighted by molar-refractivity contribution is 5.55. The van der Waals surface area contributed by atoms with Crippen LogP contribution in [0.25, 0.3) is 5.69 Å². The predicted molar refractivity (Wildman–Crippen MR) is 66.6 cm³/mol. The zero-order valence-electron chi connectivity index (χ0n) is 9.61. The molecular weight excluding hydrogens is 232 g/mol. The molecule has 1 aromatic carbocycles. The van der Waals surface area contributed by atoms with Crippen LogP contribution in [-0.2, 0) is 0 Å². The highest BCUT2D eigenvalue weighted by Crippen LogP contribution is 2.40. The van der Waals surface area contributed by atoms with Crippen molar-refractivity contribution >= 4 is 11.5 Å². The fraction of sp³-hybridized carbons (Fsp3) is 0.250. The molecule has 18 heavy (non-hydrogen) atoms. The first-order chi connectivity index (χ1) is 8.66. The van der Waals surface area contributed by atoms with Crippen LogP contribution in [0.15, 0.2) is 30.3 Å². The van der Waals surface area contributed by atoms with Crippen LogP contribution in [-0.4, -0.2) is 14.7 Å². The Morgan fingerprint density at radius 1 is 1.39 bits per heavy atom. The molecular formula is C12H12N4O2. The SMILES string of the molecule is Nc1cc(C2CC2)nn1-c1ccccc1[N+](=O)[O-]. The predicted octanol–water partition coefficient (Wildman–Crippen LogP) is 2.24. The monoisotopic (exact) mass is 244 g/mol. The number of hydrogen-bond acceptors (Lipinski definition) is 4. The first-order valence-corrected chi connectivity index (χ1v) is 5.76. The standard InChI is InChI=1S/C12H12N4O2/c13-12-7-9(8-5-6-8)14-15(12)10-3-1-2-4-11(10)16(17)18/h1-4,7-8H,5-6,13H2. The second-order valence-electron chi connectivity index (χ2n) is 4.43.